The molecule has 1 unspecified atom stereocenters. The summed E-state index contributed by atoms with van der Waals surface area (Å²) in [6.07, 6.45) is -2.11. The van der Waals surface area contributed by atoms with Crippen LogP contribution in [-0.4, -0.2) is 55.1 Å². The van der Waals surface area contributed by atoms with E-state index in [9.17, 15) is 18.4 Å². The van der Waals surface area contributed by atoms with Crippen molar-refractivity contribution >= 4 is 17.7 Å². The molecule has 0 saturated heterocycles. The van der Waals surface area contributed by atoms with E-state index in [1.54, 1.807) is 11.0 Å². The SMILES string of the molecule is CCC1CN2CCN(C(=O)OC(C)(C)C)Cc3ccc(C(=O)NCC(F)F)c1c32. The van der Waals surface area contributed by atoms with Gasteiger partial charge >= 0.3 is 6.09 Å². The number of hydrogen-bond acceptors (Lipinski definition) is 4. The molecular formula is C21H29F2N3O3. The van der Waals surface area contributed by atoms with Crippen LogP contribution in [0.3, 0.4) is 0 Å². The number of rotatable bonds is 4. The number of ether oxygens (including phenoxy) is 1. The molecule has 0 radical (unpaired) electrons. The van der Waals surface area contributed by atoms with Gasteiger partial charge in [0.1, 0.15) is 5.60 Å². The van der Waals surface area contributed by atoms with Crippen LogP contribution in [0.25, 0.3) is 0 Å². The number of carbonyl (C=O) groups excluding carboxylic acids is 2. The van der Waals surface area contributed by atoms with Crippen LogP contribution in [-0.2, 0) is 11.3 Å². The number of hydrogen-bond donors (Lipinski definition) is 1. The number of benzene rings is 1. The second kappa shape index (κ2) is 8.16. The van der Waals surface area contributed by atoms with Gasteiger partial charge < -0.3 is 19.9 Å². The lowest BCUT2D eigenvalue weighted by atomic mass is 9.91. The van der Waals surface area contributed by atoms with Crippen molar-refractivity contribution in [3.8, 4) is 0 Å². The number of nitrogens with zero attached hydrogens (tertiary/aromatic N) is 2. The summed E-state index contributed by atoms with van der Waals surface area (Å²) >= 11 is 0. The summed E-state index contributed by atoms with van der Waals surface area (Å²) in [7, 11) is 0. The molecule has 2 heterocycles. The van der Waals surface area contributed by atoms with Crippen LogP contribution < -0.4 is 10.2 Å². The Morgan fingerprint density at radius 1 is 1.28 bits per heavy atom. The third-order valence-electron chi connectivity index (χ3n) is 5.27. The Morgan fingerprint density at radius 2 is 2.00 bits per heavy atom. The topological polar surface area (TPSA) is 61.9 Å². The lowest BCUT2D eigenvalue weighted by Crippen LogP contribution is -2.39. The van der Waals surface area contributed by atoms with Crippen molar-refractivity contribution in [2.24, 2.45) is 0 Å². The highest BCUT2D eigenvalue weighted by atomic mass is 19.3. The summed E-state index contributed by atoms with van der Waals surface area (Å²) in [4.78, 5) is 29.0. The van der Waals surface area contributed by atoms with E-state index in [1.807, 2.05) is 26.8 Å². The summed E-state index contributed by atoms with van der Waals surface area (Å²) in [6, 6.07) is 3.52. The van der Waals surface area contributed by atoms with Crippen molar-refractivity contribution in [2.75, 3.05) is 31.1 Å². The number of anilines is 1. The monoisotopic (exact) mass is 409 g/mol. The third kappa shape index (κ3) is 4.62. The van der Waals surface area contributed by atoms with E-state index in [0.29, 0.717) is 25.2 Å². The van der Waals surface area contributed by atoms with Gasteiger partial charge in [0.2, 0.25) is 0 Å². The van der Waals surface area contributed by atoms with Gasteiger partial charge in [0, 0.05) is 36.8 Å². The van der Waals surface area contributed by atoms with Crippen LogP contribution in [0.5, 0.6) is 0 Å². The second-order valence-corrected chi connectivity index (χ2v) is 8.59. The normalized spacial score (nSPS) is 18.5. The summed E-state index contributed by atoms with van der Waals surface area (Å²) in [5, 5.41) is 2.32. The molecule has 1 N–H and O–H groups in total. The van der Waals surface area contributed by atoms with Gasteiger partial charge in [-0.15, -0.1) is 0 Å². The van der Waals surface area contributed by atoms with Crippen LogP contribution in [0.2, 0.25) is 0 Å². The Bertz CT molecular complexity index is 792. The van der Waals surface area contributed by atoms with E-state index < -0.39 is 24.5 Å². The predicted molar refractivity (Wildman–Crippen MR) is 107 cm³/mol. The quantitative estimate of drug-likeness (QED) is 0.823. The molecule has 0 spiro atoms. The molecular weight excluding hydrogens is 380 g/mol. The smallest absolute Gasteiger partial charge is 0.410 e. The van der Waals surface area contributed by atoms with Gasteiger partial charge in [0.15, 0.2) is 0 Å². The number of halogens is 2. The van der Waals surface area contributed by atoms with E-state index >= 15 is 0 Å². The molecule has 3 rings (SSSR count). The largest absolute Gasteiger partial charge is 0.444 e. The minimum Gasteiger partial charge on any atom is -0.444 e. The highest BCUT2D eigenvalue weighted by molar-refractivity contribution is 5.98. The molecule has 1 atom stereocenters. The van der Waals surface area contributed by atoms with Crippen LogP contribution in [0, 0.1) is 0 Å². The Hall–Kier alpha value is -2.38. The number of carbonyl (C=O) groups is 2. The van der Waals surface area contributed by atoms with E-state index in [4.69, 9.17) is 4.74 Å². The molecule has 1 aromatic carbocycles. The average molecular weight is 409 g/mol. The minimum atomic E-state index is -2.59. The molecule has 0 fully saturated rings. The first-order valence-corrected chi connectivity index (χ1v) is 10.1. The van der Waals surface area contributed by atoms with Gasteiger partial charge in [0.25, 0.3) is 12.3 Å². The molecule has 8 heteroatoms. The van der Waals surface area contributed by atoms with Crippen molar-refractivity contribution in [3.05, 3.63) is 28.8 Å². The summed E-state index contributed by atoms with van der Waals surface area (Å²) < 4.78 is 30.6. The number of alkyl halides is 2. The molecule has 2 aliphatic heterocycles. The van der Waals surface area contributed by atoms with Gasteiger partial charge in [-0.1, -0.05) is 13.0 Å². The fourth-order valence-electron chi connectivity index (χ4n) is 4.02. The zero-order chi connectivity index (χ0) is 21.3. The second-order valence-electron chi connectivity index (χ2n) is 8.59. The minimum absolute atomic E-state index is 0.158. The van der Waals surface area contributed by atoms with Crippen LogP contribution in [0.1, 0.15) is 61.5 Å². The maximum atomic E-state index is 12.6. The molecule has 0 bridgehead atoms. The van der Waals surface area contributed by atoms with Crippen LogP contribution in [0.4, 0.5) is 19.3 Å². The van der Waals surface area contributed by atoms with Crippen molar-refractivity contribution in [2.45, 2.75) is 58.6 Å². The van der Waals surface area contributed by atoms with Gasteiger partial charge in [0.05, 0.1) is 13.1 Å². The predicted octanol–water partition coefficient (Wildman–Crippen LogP) is 3.75. The van der Waals surface area contributed by atoms with Crippen molar-refractivity contribution in [1.82, 2.24) is 10.2 Å². The highest BCUT2D eigenvalue weighted by Crippen LogP contribution is 2.44. The van der Waals surface area contributed by atoms with Gasteiger partial charge in [-0.05, 0) is 44.4 Å². The fourth-order valence-corrected chi connectivity index (χ4v) is 4.02. The Morgan fingerprint density at radius 3 is 2.62 bits per heavy atom. The molecule has 29 heavy (non-hydrogen) atoms. The van der Waals surface area contributed by atoms with Gasteiger partial charge in [-0.25, -0.2) is 13.6 Å². The van der Waals surface area contributed by atoms with Crippen LogP contribution in [0.15, 0.2) is 12.1 Å². The standard InChI is InChI=1S/C21H29F2N3O3/c1-5-13-11-25-8-9-26(20(28)29-21(2,3)4)12-14-6-7-15(17(13)18(14)25)19(27)24-10-16(22)23/h6-7,13,16H,5,8-12H2,1-4H3,(H,24,27). The van der Waals surface area contributed by atoms with Crippen molar-refractivity contribution in [1.29, 1.82) is 0 Å². The van der Waals surface area contributed by atoms with Gasteiger partial charge in [-0.3, -0.25) is 4.79 Å². The summed E-state index contributed by atoms with van der Waals surface area (Å²) in [5.41, 5.74) is 2.69. The molecule has 0 saturated carbocycles. The number of amides is 2. The molecule has 160 valence electrons. The first kappa shape index (κ1) is 21.3. The van der Waals surface area contributed by atoms with Crippen molar-refractivity contribution < 1.29 is 23.1 Å². The van der Waals surface area contributed by atoms with Gasteiger partial charge in [-0.2, -0.15) is 0 Å². The summed E-state index contributed by atoms with van der Waals surface area (Å²) in [6.45, 7) is 9.20. The van der Waals surface area contributed by atoms with Crippen LogP contribution >= 0.6 is 0 Å². The first-order chi connectivity index (χ1) is 13.6. The maximum absolute atomic E-state index is 12.6. The lowest BCUT2D eigenvalue weighted by Gasteiger charge is -2.27. The Kier molecular flexibility index (Phi) is 6.00. The summed E-state index contributed by atoms with van der Waals surface area (Å²) in [5.74, 6) is -0.318. The zero-order valence-corrected chi connectivity index (χ0v) is 17.4. The van der Waals surface area contributed by atoms with E-state index in [1.165, 1.54) is 0 Å². The van der Waals surface area contributed by atoms with E-state index in [2.05, 4.69) is 17.1 Å². The maximum Gasteiger partial charge on any atom is 0.410 e. The van der Waals surface area contributed by atoms with E-state index in [-0.39, 0.29) is 12.0 Å². The molecule has 2 amide bonds. The Balaban J connectivity index is 1.93. The third-order valence-corrected chi connectivity index (χ3v) is 5.27. The number of nitrogens with one attached hydrogen (secondary N) is 1. The molecule has 6 nitrogen and oxygen atoms in total. The Labute approximate surface area is 170 Å². The fraction of sp³-hybridized carbons (Fsp3) is 0.619. The average Bonchev–Trinajstić information content (AvgIpc) is 2.89. The molecule has 0 aromatic heterocycles. The highest BCUT2D eigenvalue weighted by Gasteiger charge is 2.37. The van der Waals surface area contributed by atoms with E-state index in [0.717, 1.165) is 29.8 Å². The first-order valence-electron chi connectivity index (χ1n) is 10.1. The zero-order valence-electron chi connectivity index (χ0n) is 17.4. The van der Waals surface area contributed by atoms with Crippen molar-refractivity contribution in [3.63, 3.8) is 0 Å². The lowest BCUT2D eigenvalue weighted by molar-refractivity contribution is 0.0243. The molecule has 2 aliphatic rings. The molecule has 1 aromatic rings. The molecule has 0 aliphatic carbocycles.